The van der Waals surface area contributed by atoms with E-state index >= 15 is 0 Å². The highest BCUT2D eigenvalue weighted by atomic mass is 19.1. The van der Waals surface area contributed by atoms with E-state index in [1.54, 1.807) is 6.07 Å². The Morgan fingerprint density at radius 2 is 2.14 bits per heavy atom. The van der Waals surface area contributed by atoms with Crippen molar-refractivity contribution in [3.8, 4) is 11.8 Å². The summed E-state index contributed by atoms with van der Waals surface area (Å²) in [6.07, 6.45) is 0. The first kappa shape index (κ1) is 14.5. The van der Waals surface area contributed by atoms with Crippen LogP contribution in [0.5, 0.6) is 5.75 Å². The molecule has 0 saturated heterocycles. The van der Waals surface area contributed by atoms with Gasteiger partial charge in [0.15, 0.2) is 18.2 Å². The van der Waals surface area contributed by atoms with Crippen LogP contribution in [-0.4, -0.2) is 12.5 Å². The van der Waals surface area contributed by atoms with Gasteiger partial charge in [-0.2, -0.15) is 5.26 Å². The number of carbonyl (C=O) groups is 1. The Morgan fingerprint density at radius 1 is 1.33 bits per heavy atom. The van der Waals surface area contributed by atoms with Crippen LogP contribution in [0.2, 0.25) is 0 Å². The van der Waals surface area contributed by atoms with Gasteiger partial charge in [-0.05, 0) is 42.8 Å². The molecule has 0 spiro atoms. The lowest BCUT2D eigenvalue weighted by Gasteiger charge is -2.08. The van der Waals surface area contributed by atoms with E-state index in [2.05, 4.69) is 5.32 Å². The predicted octanol–water partition coefficient (Wildman–Crippen LogP) is 3.02. The molecule has 0 bridgehead atoms. The van der Waals surface area contributed by atoms with Crippen molar-refractivity contribution in [2.75, 3.05) is 11.9 Å². The van der Waals surface area contributed by atoms with Crippen LogP contribution in [0.25, 0.3) is 0 Å². The SMILES string of the molecule is Cc1cccc(NC(=O)COc2ccc(C#N)cc2F)c1. The van der Waals surface area contributed by atoms with Crippen molar-refractivity contribution in [1.82, 2.24) is 0 Å². The third-order valence-corrected chi connectivity index (χ3v) is 2.72. The molecule has 1 amide bonds. The molecule has 0 radical (unpaired) electrons. The topological polar surface area (TPSA) is 62.1 Å². The number of hydrogen-bond donors (Lipinski definition) is 1. The van der Waals surface area contributed by atoms with E-state index in [9.17, 15) is 9.18 Å². The molecule has 106 valence electrons. The fourth-order valence-corrected chi connectivity index (χ4v) is 1.75. The van der Waals surface area contributed by atoms with Gasteiger partial charge < -0.3 is 10.1 Å². The van der Waals surface area contributed by atoms with Crippen LogP contribution in [0.15, 0.2) is 42.5 Å². The summed E-state index contributed by atoms with van der Waals surface area (Å²) in [5, 5.41) is 11.3. The van der Waals surface area contributed by atoms with Gasteiger partial charge in [0.2, 0.25) is 0 Å². The van der Waals surface area contributed by atoms with Gasteiger partial charge in [-0.25, -0.2) is 4.39 Å². The summed E-state index contributed by atoms with van der Waals surface area (Å²) in [6, 6.07) is 13.0. The number of hydrogen-bond acceptors (Lipinski definition) is 3. The van der Waals surface area contributed by atoms with Gasteiger partial charge in [0.1, 0.15) is 0 Å². The van der Waals surface area contributed by atoms with Crippen molar-refractivity contribution >= 4 is 11.6 Å². The smallest absolute Gasteiger partial charge is 0.262 e. The van der Waals surface area contributed by atoms with Gasteiger partial charge in [0.25, 0.3) is 5.91 Å². The molecule has 2 aromatic carbocycles. The number of anilines is 1. The number of rotatable bonds is 4. The Morgan fingerprint density at radius 3 is 2.81 bits per heavy atom. The molecule has 2 aromatic rings. The largest absolute Gasteiger partial charge is 0.481 e. The van der Waals surface area contributed by atoms with Crippen molar-refractivity contribution in [3.05, 3.63) is 59.4 Å². The Hall–Kier alpha value is -2.87. The lowest BCUT2D eigenvalue weighted by atomic mass is 10.2. The average Bonchev–Trinajstić information content (AvgIpc) is 2.46. The van der Waals surface area contributed by atoms with E-state index < -0.39 is 5.82 Å². The van der Waals surface area contributed by atoms with E-state index in [-0.39, 0.29) is 23.8 Å². The second-order valence-corrected chi connectivity index (χ2v) is 4.46. The van der Waals surface area contributed by atoms with Crippen LogP contribution in [0.1, 0.15) is 11.1 Å². The summed E-state index contributed by atoms with van der Waals surface area (Å²) in [6.45, 7) is 1.61. The van der Waals surface area contributed by atoms with Crippen molar-refractivity contribution in [1.29, 1.82) is 5.26 Å². The van der Waals surface area contributed by atoms with E-state index in [1.165, 1.54) is 12.1 Å². The van der Waals surface area contributed by atoms with Gasteiger partial charge in [0.05, 0.1) is 11.6 Å². The zero-order valence-electron chi connectivity index (χ0n) is 11.4. The molecule has 0 fully saturated rings. The van der Waals surface area contributed by atoms with Crippen LogP contribution < -0.4 is 10.1 Å². The van der Waals surface area contributed by atoms with E-state index in [4.69, 9.17) is 10.00 Å². The third kappa shape index (κ3) is 4.05. The number of carbonyl (C=O) groups excluding carboxylic acids is 1. The molecule has 1 N–H and O–H groups in total. The summed E-state index contributed by atoms with van der Waals surface area (Å²) < 4.78 is 18.7. The number of benzene rings is 2. The number of nitriles is 1. The lowest BCUT2D eigenvalue weighted by molar-refractivity contribution is -0.118. The molecule has 0 aliphatic heterocycles. The maximum atomic E-state index is 13.6. The standard InChI is InChI=1S/C16H13FN2O2/c1-11-3-2-4-13(7-11)19-16(20)10-21-15-6-5-12(9-18)8-14(15)17/h2-8H,10H2,1H3,(H,19,20). The molecule has 0 unspecified atom stereocenters. The van der Waals surface area contributed by atoms with Crippen molar-refractivity contribution in [3.63, 3.8) is 0 Å². The Balaban J connectivity index is 1.94. The molecule has 5 heteroatoms. The summed E-state index contributed by atoms with van der Waals surface area (Å²) >= 11 is 0. The molecule has 0 aromatic heterocycles. The number of ether oxygens (including phenoxy) is 1. The van der Waals surface area contributed by atoms with Crippen molar-refractivity contribution in [2.45, 2.75) is 6.92 Å². The van der Waals surface area contributed by atoms with Crippen LogP contribution >= 0.6 is 0 Å². The van der Waals surface area contributed by atoms with E-state index in [0.717, 1.165) is 11.6 Å². The maximum Gasteiger partial charge on any atom is 0.262 e. The molecule has 0 heterocycles. The molecule has 2 rings (SSSR count). The van der Waals surface area contributed by atoms with Crippen LogP contribution in [0, 0.1) is 24.1 Å². The zero-order valence-corrected chi connectivity index (χ0v) is 11.4. The van der Waals surface area contributed by atoms with Crippen LogP contribution in [0.3, 0.4) is 0 Å². The monoisotopic (exact) mass is 284 g/mol. The number of nitrogens with zero attached hydrogens (tertiary/aromatic N) is 1. The van der Waals surface area contributed by atoms with Gasteiger partial charge in [-0.3, -0.25) is 4.79 Å². The fraction of sp³-hybridized carbons (Fsp3) is 0.125. The minimum Gasteiger partial charge on any atom is -0.481 e. The average molecular weight is 284 g/mol. The van der Waals surface area contributed by atoms with Gasteiger partial charge in [-0.15, -0.1) is 0 Å². The van der Waals surface area contributed by atoms with Crippen LogP contribution in [-0.2, 0) is 4.79 Å². The number of aryl methyl sites for hydroxylation is 1. The quantitative estimate of drug-likeness (QED) is 0.938. The number of amides is 1. The number of halogens is 1. The molecule has 0 aliphatic carbocycles. The highest BCUT2D eigenvalue weighted by Crippen LogP contribution is 2.18. The Kier molecular flexibility index (Phi) is 4.52. The van der Waals surface area contributed by atoms with E-state index in [1.807, 2.05) is 31.2 Å². The summed E-state index contributed by atoms with van der Waals surface area (Å²) in [5.74, 6) is -1.12. The summed E-state index contributed by atoms with van der Waals surface area (Å²) in [4.78, 5) is 11.7. The van der Waals surface area contributed by atoms with Gasteiger partial charge in [-0.1, -0.05) is 12.1 Å². The van der Waals surface area contributed by atoms with Gasteiger partial charge in [0, 0.05) is 5.69 Å². The second kappa shape index (κ2) is 6.53. The fourth-order valence-electron chi connectivity index (χ4n) is 1.75. The molecular weight excluding hydrogens is 271 g/mol. The first-order valence-electron chi connectivity index (χ1n) is 6.27. The molecule has 21 heavy (non-hydrogen) atoms. The first-order valence-corrected chi connectivity index (χ1v) is 6.27. The van der Waals surface area contributed by atoms with E-state index in [0.29, 0.717) is 5.69 Å². The normalized spacial score (nSPS) is 9.76. The molecular formula is C16H13FN2O2. The molecule has 0 aliphatic rings. The van der Waals surface area contributed by atoms with Crippen molar-refractivity contribution < 1.29 is 13.9 Å². The Bertz CT molecular complexity index is 708. The second-order valence-electron chi connectivity index (χ2n) is 4.46. The lowest BCUT2D eigenvalue weighted by Crippen LogP contribution is -2.20. The summed E-state index contributed by atoms with van der Waals surface area (Å²) in [5.41, 5.74) is 1.87. The zero-order chi connectivity index (χ0) is 15.2. The van der Waals surface area contributed by atoms with Crippen LogP contribution in [0.4, 0.5) is 10.1 Å². The first-order chi connectivity index (χ1) is 10.1. The minimum absolute atomic E-state index is 0.0617. The highest BCUT2D eigenvalue weighted by molar-refractivity contribution is 5.91. The molecule has 0 atom stereocenters. The summed E-state index contributed by atoms with van der Waals surface area (Å²) in [7, 11) is 0. The highest BCUT2D eigenvalue weighted by Gasteiger charge is 2.08. The van der Waals surface area contributed by atoms with Crippen molar-refractivity contribution in [2.24, 2.45) is 0 Å². The number of nitrogens with one attached hydrogen (secondary N) is 1. The van der Waals surface area contributed by atoms with Gasteiger partial charge >= 0.3 is 0 Å². The third-order valence-electron chi connectivity index (χ3n) is 2.72. The molecule has 4 nitrogen and oxygen atoms in total. The Labute approximate surface area is 121 Å². The maximum absolute atomic E-state index is 13.6. The molecule has 0 saturated carbocycles. The predicted molar refractivity (Wildman–Crippen MR) is 76.4 cm³/mol. The minimum atomic E-state index is -0.669.